The number of carbonyl (C=O) groups excluding carboxylic acids is 1. The lowest BCUT2D eigenvalue weighted by Gasteiger charge is -2.36. The molecule has 1 fully saturated rings. The second kappa shape index (κ2) is 6.74. The van der Waals surface area contributed by atoms with Crippen molar-refractivity contribution >= 4 is 5.91 Å². The third kappa shape index (κ3) is 3.59. The van der Waals surface area contributed by atoms with E-state index in [-0.39, 0.29) is 11.8 Å². The molecule has 1 N–H and O–H groups in total. The Morgan fingerprint density at radius 2 is 2.00 bits per heavy atom. The number of nitrogens with zero attached hydrogens (tertiary/aromatic N) is 3. The van der Waals surface area contributed by atoms with Gasteiger partial charge in [0.2, 0.25) is 5.91 Å². The zero-order valence-corrected chi connectivity index (χ0v) is 14.7. The van der Waals surface area contributed by atoms with Crippen LogP contribution >= 0.6 is 0 Å². The maximum atomic E-state index is 12.8. The van der Waals surface area contributed by atoms with Crippen LogP contribution in [0, 0.1) is 0 Å². The molecule has 1 atom stereocenters. The highest BCUT2D eigenvalue weighted by molar-refractivity contribution is 5.78. The average molecular weight is 366 g/mol. The molecule has 0 bridgehead atoms. The maximum Gasteiger partial charge on any atom is 0.416 e. The average Bonchev–Trinajstić information content (AvgIpc) is 3.19. The topological polar surface area (TPSA) is 61.9 Å². The van der Waals surface area contributed by atoms with Crippen LogP contribution < -0.4 is 0 Å². The van der Waals surface area contributed by atoms with E-state index in [1.165, 1.54) is 12.1 Å². The van der Waals surface area contributed by atoms with Gasteiger partial charge in [-0.05, 0) is 38.0 Å². The molecule has 1 aliphatic rings. The highest BCUT2D eigenvalue weighted by atomic mass is 19.4. The van der Waals surface area contributed by atoms with Gasteiger partial charge in [0.25, 0.3) is 0 Å². The van der Waals surface area contributed by atoms with E-state index >= 15 is 0 Å². The molecule has 140 valence electrons. The van der Waals surface area contributed by atoms with E-state index in [0.29, 0.717) is 19.4 Å². The Kier molecular flexibility index (Phi) is 4.77. The number of likely N-dealkylation sites (tertiary alicyclic amines) is 1. The van der Waals surface area contributed by atoms with Gasteiger partial charge in [0.05, 0.1) is 17.5 Å². The zero-order chi connectivity index (χ0) is 18.9. The van der Waals surface area contributed by atoms with Crippen molar-refractivity contribution in [2.75, 3.05) is 6.54 Å². The van der Waals surface area contributed by atoms with Gasteiger partial charge in [0.1, 0.15) is 0 Å². The number of nitrogens with one attached hydrogen (secondary N) is 1. The molecule has 1 unspecified atom stereocenters. The van der Waals surface area contributed by atoms with Gasteiger partial charge < -0.3 is 4.90 Å². The van der Waals surface area contributed by atoms with Gasteiger partial charge in [-0.2, -0.15) is 28.6 Å². The van der Waals surface area contributed by atoms with Gasteiger partial charge in [-0.1, -0.05) is 12.1 Å². The quantitative estimate of drug-likeness (QED) is 0.900. The number of aryl methyl sites for hydroxylation is 1. The molecule has 1 amide bonds. The summed E-state index contributed by atoms with van der Waals surface area (Å²) in [5.41, 5.74) is 0.447. The van der Waals surface area contributed by atoms with Crippen LogP contribution in [0.15, 0.2) is 30.5 Å². The van der Waals surface area contributed by atoms with Crippen molar-refractivity contribution in [1.82, 2.24) is 20.3 Å². The molecule has 0 spiro atoms. The summed E-state index contributed by atoms with van der Waals surface area (Å²) in [6.07, 6.45) is -1.18. The Balaban J connectivity index is 1.70. The van der Waals surface area contributed by atoms with Crippen LogP contribution in [0.25, 0.3) is 0 Å². The number of hydrogen-bond acceptors (Lipinski definition) is 3. The Bertz CT molecular complexity index is 754. The van der Waals surface area contributed by atoms with E-state index < -0.39 is 17.3 Å². The summed E-state index contributed by atoms with van der Waals surface area (Å²) in [5, 5.41) is 10.2. The molecule has 0 saturated carbocycles. The fourth-order valence-electron chi connectivity index (χ4n) is 3.73. The minimum Gasteiger partial charge on any atom is -0.337 e. The van der Waals surface area contributed by atoms with Crippen molar-refractivity contribution < 1.29 is 18.0 Å². The lowest BCUT2D eigenvalue weighted by Crippen LogP contribution is -2.45. The van der Waals surface area contributed by atoms with Crippen LogP contribution in [-0.2, 0) is 17.4 Å². The highest BCUT2D eigenvalue weighted by Crippen LogP contribution is 2.42. The van der Waals surface area contributed by atoms with E-state index in [4.69, 9.17) is 0 Å². The fraction of sp³-hybridized carbons (Fsp3) is 0.500. The molecule has 1 aromatic heterocycles. The van der Waals surface area contributed by atoms with E-state index in [0.717, 1.165) is 29.8 Å². The molecule has 0 aliphatic carbocycles. The second-order valence-electron chi connectivity index (χ2n) is 7.12. The van der Waals surface area contributed by atoms with Gasteiger partial charge in [-0.3, -0.25) is 4.79 Å². The lowest BCUT2D eigenvalue weighted by atomic mass is 9.82. The molecular weight excluding hydrogens is 345 g/mol. The van der Waals surface area contributed by atoms with Crippen molar-refractivity contribution in [3.63, 3.8) is 0 Å². The van der Waals surface area contributed by atoms with Crippen molar-refractivity contribution in [2.24, 2.45) is 0 Å². The molecule has 3 rings (SSSR count). The largest absolute Gasteiger partial charge is 0.416 e. The van der Waals surface area contributed by atoms with Gasteiger partial charge in [0.15, 0.2) is 0 Å². The maximum absolute atomic E-state index is 12.8. The molecule has 2 heterocycles. The number of halogens is 3. The zero-order valence-electron chi connectivity index (χ0n) is 14.7. The minimum absolute atomic E-state index is 0.000726. The number of alkyl halides is 3. The van der Waals surface area contributed by atoms with E-state index in [1.54, 1.807) is 6.20 Å². The van der Waals surface area contributed by atoms with E-state index in [2.05, 4.69) is 15.4 Å². The summed E-state index contributed by atoms with van der Waals surface area (Å²) < 4.78 is 38.3. The third-order valence-electron chi connectivity index (χ3n) is 5.19. The van der Waals surface area contributed by atoms with Crippen LogP contribution in [0.2, 0.25) is 0 Å². The predicted octanol–water partition coefficient (Wildman–Crippen LogP) is 3.55. The van der Waals surface area contributed by atoms with Crippen molar-refractivity contribution in [1.29, 1.82) is 0 Å². The first-order valence-corrected chi connectivity index (χ1v) is 8.52. The number of aromatic nitrogens is 3. The lowest BCUT2D eigenvalue weighted by molar-refractivity contribution is -0.137. The monoisotopic (exact) mass is 366 g/mol. The normalized spacial score (nSPS) is 19.7. The third-order valence-corrected chi connectivity index (χ3v) is 5.19. The smallest absolute Gasteiger partial charge is 0.337 e. The number of hydrogen-bond donors (Lipinski definition) is 1. The summed E-state index contributed by atoms with van der Waals surface area (Å²) in [6, 6.07) is 5.28. The summed E-state index contributed by atoms with van der Waals surface area (Å²) in [7, 11) is 0. The first-order chi connectivity index (χ1) is 12.2. The van der Waals surface area contributed by atoms with Crippen molar-refractivity contribution in [3.8, 4) is 0 Å². The molecule has 1 aliphatic heterocycles. The SMILES string of the molecule is CC1(C)C(c2ccc(C(F)(F)F)cc2)CCN1C(=O)CCc1cn[nH]n1. The highest BCUT2D eigenvalue weighted by Gasteiger charge is 2.44. The summed E-state index contributed by atoms with van der Waals surface area (Å²) in [4.78, 5) is 14.5. The number of carbonyl (C=O) groups is 1. The molecular formula is C18H21F3N4O. The Hall–Kier alpha value is -2.38. The van der Waals surface area contributed by atoms with Crippen LogP contribution in [0.5, 0.6) is 0 Å². The summed E-state index contributed by atoms with van der Waals surface area (Å²) in [5.74, 6) is 0.0215. The number of rotatable bonds is 4. The molecule has 1 aromatic carbocycles. The van der Waals surface area contributed by atoms with Gasteiger partial charge in [-0.25, -0.2) is 0 Å². The molecule has 26 heavy (non-hydrogen) atoms. The van der Waals surface area contributed by atoms with Crippen LogP contribution in [-0.4, -0.2) is 38.3 Å². The Labute approximate surface area is 149 Å². The summed E-state index contributed by atoms with van der Waals surface area (Å²) >= 11 is 0. The standard InChI is InChI=1S/C18H21F3N4O/c1-17(2)15(12-3-5-13(6-4-12)18(19,20)21)9-10-25(17)16(26)8-7-14-11-22-24-23-14/h3-6,11,15H,7-10H2,1-2H3,(H,22,23,24). The van der Waals surface area contributed by atoms with Gasteiger partial charge in [-0.15, -0.1) is 0 Å². The van der Waals surface area contributed by atoms with E-state index in [1.807, 2.05) is 18.7 Å². The molecule has 5 nitrogen and oxygen atoms in total. The minimum atomic E-state index is -4.34. The molecule has 2 aromatic rings. The molecule has 0 radical (unpaired) electrons. The molecule has 8 heteroatoms. The van der Waals surface area contributed by atoms with Crippen LogP contribution in [0.1, 0.15) is 49.4 Å². The second-order valence-corrected chi connectivity index (χ2v) is 7.12. The number of amides is 1. The van der Waals surface area contributed by atoms with Gasteiger partial charge >= 0.3 is 6.18 Å². The Morgan fingerprint density at radius 3 is 2.58 bits per heavy atom. The van der Waals surface area contributed by atoms with E-state index in [9.17, 15) is 18.0 Å². The van der Waals surface area contributed by atoms with Crippen LogP contribution in [0.4, 0.5) is 13.2 Å². The number of benzene rings is 1. The van der Waals surface area contributed by atoms with Crippen molar-refractivity contribution in [2.45, 2.75) is 50.7 Å². The Morgan fingerprint density at radius 1 is 1.31 bits per heavy atom. The first-order valence-electron chi connectivity index (χ1n) is 8.52. The summed E-state index contributed by atoms with van der Waals surface area (Å²) in [6.45, 7) is 4.53. The molecule has 1 saturated heterocycles. The first kappa shape index (κ1) is 18.4. The fourth-order valence-corrected chi connectivity index (χ4v) is 3.73. The number of H-pyrrole nitrogens is 1. The van der Waals surface area contributed by atoms with Gasteiger partial charge in [0, 0.05) is 30.8 Å². The van der Waals surface area contributed by atoms with Crippen LogP contribution in [0.3, 0.4) is 0 Å². The number of aromatic amines is 1. The van der Waals surface area contributed by atoms with Crippen molar-refractivity contribution in [3.05, 3.63) is 47.3 Å². The predicted molar refractivity (Wildman–Crippen MR) is 89.3 cm³/mol.